The minimum Gasteiger partial charge on any atom is -0.339 e. The third-order valence-electron chi connectivity index (χ3n) is 4.33. The Bertz CT molecular complexity index is 751. The Labute approximate surface area is 155 Å². The Morgan fingerprint density at radius 1 is 1.28 bits per heavy atom. The second-order valence-corrected chi connectivity index (χ2v) is 7.24. The van der Waals surface area contributed by atoms with Gasteiger partial charge in [0.15, 0.2) is 0 Å². The molecule has 1 aliphatic rings. The van der Waals surface area contributed by atoms with E-state index in [9.17, 15) is 9.18 Å². The Balaban J connectivity index is 1.92. The Kier molecular flexibility index (Phi) is 5.54. The molecule has 0 saturated carbocycles. The highest BCUT2D eigenvalue weighted by Gasteiger charge is 2.23. The maximum Gasteiger partial charge on any atom is 0.242 e. The molecule has 0 spiro atoms. The number of hydrogen-bond donors (Lipinski definition) is 1. The number of carbonyl (C=O) groups is 1. The van der Waals surface area contributed by atoms with Gasteiger partial charge in [0.25, 0.3) is 0 Å². The summed E-state index contributed by atoms with van der Waals surface area (Å²) in [4.78, 5) is 19.3. The van der Waals surface area contributed by atoms with E-state index >= 15 is 0 Å². The highest BCUT2D eigenvalue weighted by atomic mass is 79.9. The molecule has 134 valence electrons. The van der Waals surface area contributed by atoms with E-state index in [1.807, 2.05) is 9.47 Å². The Morgan fingerprint density at radius 3 is 2.52 bits per heavy atom. The van der Waals surface area contributed by atoms with Gasteiger partial charge in [-0.3, -0.25) is 4.79 Å². The zero-order valence-corrected chi connectivity index (χ0v) is 16.0. The number of imidazole rings is 1. The van der Waals surface area contributed by atoms with Crippen molar-refractivity contribution in [3.8, 4) is 11.3 Å². The normalized spacial score (nSPS) is 15.0. The molecule has 2 aromatic rings. The first-order chi connectivity index (χ1) is 12.0. The van der Waals surface area contributed by atoms with Gasteiger partial charge in [0, 0.05) is 37.7 Å². The molecule has 2 heterocycles. The lowest BCUT2D eigenvalue weighted by Gasteiger charge is -2.28. The lowest BCUT2D eigenvalue weighted by molar-refractivity contribution is -0.132. The average molecular weight is 409 g/mol. The predicted octanol–water partition coefficient (Wildman–Crippen LogP) is 3.01. The number of benzene rings is 1. The molecule has 0 bridgehead atoms. The van der Waals surface area contributed by atoms with E-state index in [1.54, 1.807) is 12.1 Å². The van der Waals surface area contributed by atoms with Crippen LogP contribution in [-0.2, 0) is 11.3 Å². The molecule has 1 aromatic heterocycles. The molecule has 3 rings (SSSR count). The minimum atomic E-state index is -0.280. The van der Waals surface area contributed by atoms with Crippen LogP contribution in [-0.4, -0.2) is 46.5 Å². The highest BCUT2D eigenvalue weighted by Crippen LogP contribution is 2.31. The molecule has 25 heavy (non-hydrogen) atoms. The summed E-state index contributed by atoms with van der Waals surface area (Å²) in [6.07, 6.45) is 0. The molecule has 1 saturated heterocycles. The van der Waals surface area contributed by atoms with Crippen LogP contribution in [0, 0.1) is 5.82 Å². The Morgan fingerprint density at radius 2 is 1.92 bits per heavy atom. The second kappa shape index (κ2) is 7.66. The van der Waals surface area contributed by atoms with Crippen LogP contribution < -0.4 is 5.32 Å². The lowest BCUT2D eigenvalue weighted by Crippen LogP contribution is -2.47. The first-order valence-electron chi connectivity index (χ1n) is 8.47. The molecule has 7 heteroatoms. The number of carbonyl (C=O) groups excluding carboxylic acids is 1. The van der Waals surface area contributed by atoms with Crippen molar-refractivity contribution in [2.75, 3.05) is 26.2 Å². The molecule has 0 unspecified atom stereocenters. The molecule has 1 fully saturated rings. The fraction of sp³-hybridized carbons (Fsp3) is 0.444. The van der Waals surface area contributed by atoms with Crippen LogP contribution in [0.2, 0.25) is 0 Å². The number of nitrogens with zero attached hydrogens (tertiary/aromatic N) is 3. The smallest absolute Gasteiger partial charge is 0.242 e. The van der Waals surface area contributed by atoms with E-state index in [2.05, 4.69) is 35.1 Å². The lowest BCUT2D eigenvalue weighted by atomic mass is 10.2. The maximum absolute atomic E-state index is 13.2. The van der Waals surface area contributed by atoms with Crippen LogP contribution in [0.15, 0.2) is 28.9 Å². The fourth-order valence-electron chi connectivity index (χ4n) is 2.98. The van der Waals surface area contributed by atoms with E-state index < -0.39 is 0 Å². The first kappa shape index (κ1) is 18.1. The third-order valence-corrected chi connectivity index (χ3v) is 5.14. The minimum absolute atomic E-state index is 0.0900. The van der Waals surface area contributed by atoms with Crippen LogP contribution in [0.4, 0.5) is 4.39 Å². The quantitative estimate of drug-likeness (QED) is 0.845. The molecule has 1 N–H and O–H groups in total. The third kappa shape index (κ3) is 3.93. The molecule has 5 nitrogen and oxygen atoms in total. The summed E-state index contributed by atoms with van der Waals surface area (Å²) >= 11 is 3.60. The van der Waals surface area contributed by atoms with Gasteiger partial charge in [0.05, 0.1) is 0 Å². The zero-order chi connectivity index (χ0) is 18.0. The predicted molar refractivity (Wildman–Crippen MR) is 98.9 cm³/mol. The molecule has 1 aliphatic heterocycles. The van der Waals surface area contributed by atoms with Crippen LogP contribution in [0.5, 0.6) is 0 Å². The van der Waals surface area contributed by atoms with Crippen LogP contribution >= 0.6 is 15.9 Å². The number of hydrogen-bond acceptors (Lipinski definition) is 3. The van der Waals surface area contributed by atoms with Crippen LogP contribution in [0.1, 0.15) is 25.6 Å². The van der Waals surface area contributed by atoms with Crippen LogP contribution in [0.25, 0.3) is 11.3 Å². The van der Waals surface area contributed by atoms with Gasteiger partial charge in [0.1, 0.15) is 28.5 Å². The summed E-state index contributed by atoms with van der Waals surface area (Å²) in [5.41, 5.74) is 1.56. The second-order valence-electron chi connectivity index (χ2n) is 6.49. The average Bonchev–Trinajstić information content (AvgIpc) is 2.93. The molecule has 1 amide bonds. The van der Waals surface area contributed by atoms with Gasteiger partial charge in [-0.2, -0.15) is 0 Å². The topological polar surface area (TPSA) is 50.2 Å². The molecular weight excluding hydrogens is 387 g/mol. The molecule has 0 aliphatic carbocycles. The van der Waals surface area contributed by atoms with Crippen LogP contribution in [0.3, 0.4) is 0 Å². The summed E-state index contributed by atoms with van der Waals surface area (Å²) in [5, 5.41) is 3.25. The molecule has 0 radical (unpaired) electrons. The first-order valence-corrected chi connectivity index (χ1v) is 9.27. The van der Waals surface area contributed by atoms with Crippen molar-refractivity contribution in [3.63, 3.8) is 0 Å². The van der Waals surface area contributed by atoms with Crippen molar-refractivity contribution >= 4 is 21.8 Å². The highest BCUT2D eigenvalue weighted by molar-refractivity contribution is 9.10. The summed E-state index contributed by atoms with van der Waals surface area (Å²) in [6, 6.07) is 6.24. The SMILES string of the molecule is CC(C)c1nc(-c2ccc(F)cc2)c(Br)n1CC(=O)N1CCNCC1. The maximum atomic E-state index is 13.2. The summed E-state index contributed by atoms with van der Waals surface area (Å²) in [5.74, 6) is 0.820. The monoisotopic (exact) mass is 408 g/mol. The van der Waals surface area contributed by atoms with Gasteiger partial charge in [0.2, 0.25) is 5.91 Å². The molecule has 0 atom stereocenters. The van der Waals surface area contributed by atoms with E-state index in [1.165, 1.54) is 12.1 Å². The van der Waals surface area contributed by atoms with Crippen molar-refractivity contribution in [1.82, 2.24) is 19.8 Å². The fourth-order valence-corrected chi connectivity index (χ4v) is 3.61. The van der Waals surface area contributed by atoms with E-state index in [4.69, 9.17) is 4.98 Å². The van der Waals surface area contributed by atoms with Gasteiger partial charge in [-0.25, -0.2) is 9.37 Å². The van der Waals surface area contributed by atoms with Crippen molar-refractivity contribution in [2.24, 2.45) is 0 Å². The van der Waals surface area contributed by atoms with Gasteiger partial charge in [-0.1, -0.05) is 13.8 Å². The number of rotatable bonds is 4. The summed E-state index contributed by atoms with van der Waals surface area (Å²) in [6.45, 7) is 7.47. The number of amides is 1. The largest absolute Gasteiger partial charge is 0.339 e. The van der Waals surface area contributed by atoms with Crippen molar-refractivity contribution < 1.29 is 9.18 Å². The summed E-state index contributed by atoms with van der Waals surface area (Å²) < 4.78 is 15.9. The number of halogens is 2. The van der Waals surface area contributed by atoms with Crippen molar-refractivity contribution in [3.05, 3.63) is 40.5 Å². The van der Waals surface area contributed by atoms with E-state index in [0.29, 0.717) is 0 Å². The van der Waals surface area contributed by atoms with Gasteiger partial charge in [-0.15, -0.1) is 0 Å². The van der Waals surface area contributed by atoms with Gasteiger partial charge in [-0.05, 0) is 40.2 Å². The van der Waals surface area contributed by atoms with E-state index in [-0.39, 0.29) is 24.2 Å². The van der Waals surface area contributed by atoms with Gasteiger partial charge >= 0.3 is 0 Å². The number of piperazine rings is 1. The standard InChI is InChI=1S/C18H22BrFN4O/c1-12(2)18-22-16(13-3-5-14(20)6-4-13)17(19)24(18)11-15(25)23-9-7-21-8-10-23/h3-6,12,21H,7-11H2,1-2H3. The number of nitrogens with one attached hydrogen (secondary N) is 1. The van der Waals surface area contributed by atoms with E-state index in [0.717, 1.165) is 47.9 Å². The molecular formula is C18H22BrFN4O. The summed E-state index contributed by atoms with van der Waals surface area (Å²) in [7, 11) is 0. The molecule has 1 aromatic carbocycles. The van der Waals surface area contributed by atoms with Gasteiger partial charge < -0.3 is 14.8 Å². The van der Waals surface area contributed by atoms with Crippen molar-refractivity contribution in [1.29, 1.82) is 0 Å². The van der Waals surface area contributed by atoms with Crippen molar-refractivity contribution in [2.45, 2.75) is 26.3 Å². The zero-order valence-electron chi connectivity index (χ0n) is 14.4. The number of aromatic nitrogens is 2. The Hall–Kier alpha value is -1.73.